The van der Waals surface area contributed by atoms with E-state index in [0.717, 1.165) is 5.75 Å². The van der Waals surface area contributed by atoms with Crippen LogP contribution in [0, 0.1) is 0 Å². The van der Waals surface area contributed by atoms with Crippen LogP contribution in [0.2, 0.25) is 0 Å². The number of carbonyl (C=O) groups is 1. The first-order valence-electron chi connectivity index (χ1n) is 5.90. The predicted molar refractivity (Wildman–Crippen MR) is 70.3 cm³/mol. The number of hydrogen-bond acceptors (Lipinski definition) is 4. The van der Waals surface area contributed by atoms with Crippen LogP contribution in [-0.4, -0.2) is 47.7 Å². The van der Waals surface area contributed by atoms with Gasteiger partial charge in [0.25, 0.3) is 0 Å². The van der Waals surface area contributed by atoms with Crippen LogP contribution in [0.3, 0.4) is 0 Å². The maximum absolute atomic E-state index is 11.7. The molecule has 1 fully saturated rings. The van der Waals surface area contributed by atoms with Crippen molar-refractivity contribution in [1.82, 2.24) is 4.90 Å². The van der Waals surface area contributed by atoms with Gasteiger partial charge in [-0.25, -0.2) is 0 Å². The molecule has 2 atom stereocenters. The Morgan fingerprint density at radius 2 is 2.17 bits per heavy atom. The van der Waals surface area contributed by atoms with Crippen LogP contribution in [0.15, 0.2) is 35.2 Å². The fourth-order valence-corrected chi connectivity index (χ4v) is 2.93. The van der Waals surface area contributed by atoms with Gasteiger partial charge in [0.1, 0.15) is 6.10 Å². The lowest BCUT2D eigenvalue weighted by atomic mass is 10.3. The van der Waals surface area contributed by atoms with E-state index in [0.29, 0.717) is 6.54 Å². The third-order valence-electron chi connectivity index (χ3n) is 2.93. The normalized spacial score (nSPS) is 23.7. The number of carbonyl (C=O) groups excluding carboxylic acids is 1. The van der Waals surface area contributed by atoms with Crippen molar-refractivity contribution in [2.24, 2.45) is 0 Å². The highest BCUT2D eigenvalue weighted by molar-refractivity contribution is 7.99. The van der Waals surface area contributed by atoms with Gasteiger partial charge in [0.05, 0.1) is 6.42 Å². The number of aliphatic hydroxyl groups excluding tert-OH is 1. The monoisotopic (exact) mass is 267 g/mol. The molecule has 4 nitrogen and oxygen atoms in total. The van der Waals surface area contributed by atoms with Crippen molar-refractivity contribution < 1.29 is 14.6 Å². The number of rotatable bonds is 5. The number of nitrogens with zero attached hydrogens (tertiary/aromatic N) is 1. The third-order valence-corrected chi connectivity index (χ3v) is 3.92. The SMILES string of the molecule is COC1[C@@H](O)CC(=O)N1CCSc1ccccc1. The smallest absolute Gasteiger partial charge is 0.227 e. The largest absolute Gasteiger partial charge is 0.388 e. The van der Waals surface area contributed by atoms with Crippen LogP contribution in [0.5, 0.6) is 0 Å². The molecule has 1 amide bonds. The van der Waals surface area contributed by atoms with Crippen LogP contribution in [-0.2, 0) is 9.53 Å². The molecule has 0 radical (unpaired) electrons. The van der Waals surface area contributed by atoms with E-state index in [1.54, 1.807) is 16.7 Å². The minimum atomic E-state index is -0.704. The second-order valence-electron chi connectivity index (χ2n) is 4.15. The molecule has 0 saturated carbocycles. The molecule has 18 heavy (non-hydrogen) atoms. The van der Waals surface area contributed by atoms with Crippen molar-refractivity contribution in [3.63, 3.8) is 0 Å². The first-order valence-corrected chi connectivity index (χ1v) is 6.89. The topological polar surface area (TPSA) is 49.8 Å². The molecule has 2 rings (SSSR count). The highest BCUT2D eigenvalue weighted by Gasteiger charge is 2.38. The summed E-state index contributed by atoms with van der Waals surface area (Å²) in [5.41, 5.74) is 0. The van der Waals surface area contributed by atoms with Gasteiger partial charge >= 0.3 is 0 Å². The lowest BCUT2D eigenvalue weighted by Crippen LogP contribution is -2.39. The summed E-state index contributed by atoms with van der Waals surface area (Å²) >= 11 is 1.69. The van der Waals surface area contributed by atoms with Crippen molar-refractivity contribution in [1.29, 1.82) is 0 Å². The molecule has 1 heterocycles. The molecule has 0 spiro atoms. The molecule has 1 saturated heterocycles. The van der Waals surface area contributed by atoms with Crippen LogP contribution < -0.4 is 0 Å². The minimum absolute atomic E-state index is 0.0389. The summed E-state index contributed by atoms with van der Waals surface area (Å²) in [5.74, 6) is 0.755. The van der Waals surface area contributed by atoms with E-state index in [1.807, 2.05) is 30.3 Å². The Morgan fingerprint density at radius 3 is 2.83 bits per heavy atom. The Bertz CT molecular complexity index is 398. The zero-order valence-electron chi connectivity index (χ0n) is 10.3. The van der Waals surface area contributed by atoms with Gasteiger partial charge in [0, 0.05) is 24.3 Å². The lowest BCUT2D eigenvalue weighted by molar-refractivity contribution is -0.135. The first kappa shape index (κ1) is 13.4. The lowest BCUT2D eigenvalue weighted by Gasteiger charge is -2.24. The molecular formula is C13H17NO3S. The first-order chi connectivity index (χ1) is 8.72. The van der Waals surface area contributed by atoms with Gasteiger partial charge in [-0.3, -0.25) is 4.79 Å². The highest BCUT2D eigenvalue weighted by atomic mass is 32.2. The average Bonchev–Trinajstić information content (AvgIpc) is 2.65. The quantitative estimate of drug-likeness (QED) is 0.818. The molecule has 1 unspecified atom stereocenters. The Labute approximate surface area is 111 Å². The molecule has 1 aliphatic rings. The van der Waals surface area contributed by atoms with Crippen molar-refractivity contribution in [2.45, 2.75) is 23.6 Å². The summed E-state index contributed by atoms with van der Waals surface area (Å²) in [7, 11) is 1.52. The van der Waals surface area contributed by atoms with Crippen molar-refractivity contribution in [2.75, 3.05) is 19.4 Å². The number of aliphatic hydroxyl groups is 1. The molecule has 0 aromatic heterocycles. The summed E-state index contributed by atoms with van der Waals surface area (Å²) in [5, 5.41) is 9.65. The standard InChI is InChI=1S/C13H17NO3S/c1-17-13-11(15)9-12(16)14(13)7-8-18-10-5-3-2-4-6-10/h2-6,11,13,15H,7-9H2,1H3/t11-,13?/m0/s1. The van der Waals surface area contributed by atoms with Crippen molar-refractivity contribution in [3.05, 3.63) is 30.3 Å². The Morgan fingerprint density at radius 1 is 1.44 bits per heavy atom. The summed E-state index contributed by atoms with van der Waals surface area (Å²) in [4.78, 5) is 14.5. The fraction of sp³-hybridized carbons (Fsp3) is 0.462. The van der Waals surface area contributed by atoms with E-state index in [9.17, 15) is 9.90 Å². The number of methoxy groups -OCH3 is 1. The van der Waals surface area contributed by atoms with Gasteiger partial charge < -0.3 is 14.7 Å². The molecule has 1 N–H and O–H groups in total. The molecule has 1 aliphatic heterocycles. The number of hydrogen-bond donors (Lipinski definition) is 1. The van der Waals surface area contributed by atoms with Gasteiger partial charge in [0.2, 0.25) is 5.91 Å². The van der Waals surface area contributed by atoms with E-state index in [4.69, 9.17) is 4.74 Å². The summed E-state index contributed by atoms with van der Waals surface area (Å²) in [6.07, 6.45) is -1.03. The molecule has 1 aromatic carbocycles. The van der Waals surface area contributed by atoms with E-state index in [2.05, 4.69) is 0 Å². The Balaban J connectivity index is 1.84. The zero-order valence-corrected chi connectivity index (χ0v) is 11.1. The van der Waals surface area contributed by atoms with Gasteiger partial charge in [0.15, 0.2) is 6.23 Å². The second kappa shape index (κ2) is 6.22. The van der Waals surface area contributed by atoms with Gasteiger partial charge in [-0.15, -0.1) is 11.8 Å². The third kappa shape index (κ3) is 3.04. The van der Waals surface area contributed by atoms with Crippen LogP contribution >= 0.6 is 11.8 Å². The number of thioether (sulfide) groups is 1. The van der Waals surface area contributed by atoms with Gasteiger partial charge in [-0.2, -0.15) is 0 Å². The number of likely N-dealkylation sites (tertiary alicyclic amines) is 1. The molecule has 0 bridgehead atoms. The zero-order chi connectivity index (χ0) is 13.0. The summed E-state index contributed by atoms with van der Waals surface area (Å²) in [6.45, 7) is 0.591. The van der Waals surface area contributed by atoms with Crippen LogP contribution in [0.4, 0.5) is 0 Å². The molecule has 1 aromatic rings. The summed E-state index contributed by atoms with van der Waals surface area (Å²) in [6, 6.07) is 10.0. The van der Waals surface area contributed by atoms with Crippen molar-refractivity contribution >= 4 is 17.7 Å². The van der Waals surface area contributed by atoms with E-state index < -0.39 is 12.3 Å². The Hall–Kier alpha value is -1.04. The second-order valence-corrected chi connectivity index (χ2v) is 5.31. The molecule has 0 aliphatic carbocycles. The molecular weight excluding hydrogens is 250 g/mol. The van der Waals surface area contributed by atoms with Gasteiger partial charge in [-0.05, 0) is 12.1 Å². The predicted octanol–water partition coefficient (Wildman–Crippen LogP) is 1.34. The van der Waals surface area contributed by atoms with Gasteiger partial charge in [-0.1, -0.05) is 18.2 Å². The van der Waals surface area contributed by atoms with E-state index in [-0.39, 0.29) is 12.3 Å². The average molecular weight is 267 g/mol. The summed E-state index contributed by atoms with van der Waals surface area (Å²) < 4.78 is 5.16. The van der Waals surface area contributed by atoms with E-state index in [1.165, 1.54) is 12.0 Å². The van der Waals surface area contributed by atoms with E-state index >= 15 is 0 Å². The minimum Gasteiger partial charge on any atom is -0.388 e. The maximum Gasteiger partial charge on any atom is 0.227 e. The molecule has 98 valence electrons. The Kier molecular flexibility index (Phi) is 4.63. The number of amides is 1. The molecule has 5 heteroatoms. The fourth-order valence-electron chi connectivity index (χ4n) is 2.06. The number of benzene rings is 1. The highest BCUT2D eigenvalue weighted by Crippen LogP contribution is 2.22. The van der Waals surface area contributed by atoms with Crippen LogP contribution in [0.25, 0.3) is 0 Å². The number of ether oxygens (including phenoxy) is 1. The van der Waals surface area contributed by atoms with Crippen molar-refractivity contribution in [3.8, 4) is 0 Å². The van der Waals surface area contributed by atoms with Crippen LogP contribution in [0.1, 0.15) is 6.42 Å². The maximum atomic E-state index is 11.7.